The SMILES string of the molecule is CC(C)(C)/N=C/c1ccccc1[O][Cu][O]c1ccccc1/C=N/C(C)(C)C. The number of aliphatic imine (C=N–C) groups is 2. The first kappa shape index (κ1) is 21.2. The Hall–Kier alpha value is -2.10. The van der Waals surface area contributed by atoms with E-state index in [9.17, 15) is 0 Å². The van der Waals surface area contributed by atoms with Gasteiger partial charge in [0.2, 0.25) is 0 Å². The zero-order valence-electron chi connectivity index (χ0n) is 16.8. The zero-order chi connectivity index (χ0) is 19.9. The van der Waals surface area contributed by atoms with Gasteiger partial charge in [-0.15, -0.1) is 0 Å². The molecule has 149 valence electrons. The van der Waals surface area contributed by atoms with Crippen molar-refractivity contribution in [2.24, 2.45) is 9.98 Å². The van der Waals surface area contributed by atoms with Gasteiger partial charge in [-0.05, 0) is 0 Å². The van der Waals surface area contributed by atoms with Crippen LogP contribution >= 0.6 is 0 Å². The van der Waals surface area contributed by atoms with Gasteiger partial charge in [-0.3, -0.25) is 0 Å². The molecular weight excluding hydrogens is 388 g/mol. The van der Waals surface area contributed by atoms with E-state index in [0.717, 1.165) is 26.7 Å². The first-order valence-electron chi connectivity index (χ1n) is 8.85. The van der Waals surface area contributed by atoms with Gasteiger partial charge in [-0.1, -0.05) is 0 Å². The molecule has 2 aromatic carbocycles. The monoisotopic (exact) mass is 415 g/mol. The van der Waals surface area contributed by atoms with Crippen molar-refractivity contribution in [3.05, 3.63) is 59.7 Å². The van der Waals surface area contributed by atoms with Crippen LogP contribution in [0.25, 0.3) is 0 Å². The minimum absolute atomic E-state index is 0.138. The fourth-order valence-electron chi connectivity index (χ4n) is 1.88. The molecule has 0 atom stereocenters. The van der Waals surface area contributed by atoms with E-state index < -0.39 is 0 Å². The molecule has 27 heavy (non-hydrogen) atoms. The Morgan fingerprint density at radius 1 is 0.667 bits per heavy atom. The quantitative estimate of drug-likeness (QED) is 0.462. The molecule has 0 radical (unpaired) electrons. The standard InChI is InChI=1S/2C11H15NO.Cu/c2*1-11(2,3)12-8-9-6-4-5-7-10(9)13;/h2*4-8,13H,1-3H3;/q;;+2/p-2/b2*12-8+;. The van der Waals surface area contributed by atoms with Gasteiger partial charge in [0.05, 0.1) is 0 Å². The van der Waals surface area contributed by atoms with Crippen LogP contribution < -0.4 is 7.64 Å². The van der Waals surface area contributed by atoms with Crippen LogP contribution in [0.3, 0.4) is 0 Å². The number of hydrogen-bond acceptors (Lipinski definition) is 4. The van der Waals surface area contributed by atoms with E-state index in [0.29, 0.717) is 11.5 Å². The molecule has 0 unspecified atom stereocenters. The van der Waals surface area contributed by atoms with Crippen molar-refractivity contribution in [3.63, 3.8) is 0 Å². The maximum atomic E-state index is 5.75. The van der Waals surface area contributed by atoms with Crippen molar-refractivity contribution >= 4 is 12.4 Å². The van der Waals surface area contributed by atoms with Crippen LogP contribution in [-0.2, 0) is 15.6 Å². The summed E-state index contributed by atoms with van der Waals surface area (Å²) in [5.41, 5.74) is 1.54. The van der Waals surface area contributed by atoms with Gasteiger partial charge >= 0.3 is 169 Å². The predicted molar refractivity (Wildman–Crippen MR) is 109 cm³/mol. The van der Waals surface area contributed by atoms with E-state index in [1.807, 2.05) is 61.0 Å². The summed E-state index contributed by atoms with van der Waals surface area (Å²) >= 11 is 1.03. The third-order valence-corrected chi connectivity index (χ3v) is 3.77. The molecule has 5 heteroatoms. The fraction of sp³-hybridized carbons (Fsp3) is 0.364. The van der Waals surface area contributed by atoms with Crippen LogP contribution in [0.5, 0.6) is 11.5 Å². The van der Waals surface area contributed by atoms with Crippen LogP contribution in [0.15, 0.2) is 58.5 Å². The Labute approximate surface area is 169 Å². The average Bonchev–Trinajstić information content (AvgIpc) is 2.58. The van der Waals surface area contributed by atoms with E-state index in [1.165, 1.54) is 0 Å². The molecule has 0 aliphatic carbocycles. The van der Waals surface area contributed by atoms with Gasteiger partial charge in [-0.2, -0.15) is 0 Å². The average molecular weight is 416 g/mol. The summed E-state index contributed by atoms with van der Waals surface area (Å²) in [4.78, 5) is 9.08. The number of hydrogen-bond donors (Lipinski definition) is 0. The van der Waals surface area contributed by atoms with E-state index >= 15 is 0 Å². The second-order valence-electron chi connectivity index (χ2n) is 8.11. The van der Waals surface area contributed by atoms with Crippen molar-refractivity contribution in [1.82, 2.24) is 0 Å². The molecule has 0 spiro atoms. The summed E-state index contributed by atoms with van der Waals surface area (Å²) in [6, 6.07) is 15.5. The Kier molecular flexibility index (Phi) is 7.23. The molecule has 0 aromatic heterocycles. The molecule has 2 rings (SSSR count). The number of nitrogens with zero attached hydrogens (tertiary/aromatic N) is 2. The molecule has 0 saturated carbocycles. The zero-order valence-corrected chi connectivity index (χ0v) is 17.7. The van der Waals surface area contributed by atoms with E-state index in [-0.39, 0.29) is 11.1 Å². The van der Waals surface area contributed by atoms with Gasteiger partial charge < -0.3 is 0 Å². The minimum atomic E-state index is -0.138. The van der Waals surface area contributed by atoms with Gasteiger partial charge in [0.1, 0.15) is 0 Å². The molecule has 0 saturated heterocycles. The van der Waals surface area contributed by atoms with Crippen LogP contribution in [0.4, 0.5) is 0 Å². The van der Waals surface area contributed by atoms with Gasteiger partial charge in [0.25, 0.3) is 0 Å². The molecule has 0 fully saturated rings. The molecule has 0 aliphatic rings. The van der Waals surface area contributed by atoms with E-state index in [2.05, 4.69) is 51.5 Å². The molecule has 0 bridgehead atoms. The van der Waals surface area contributed by atoms with Gasteiger partial charge in [0, 0.05) is 0 Å². The Morgan fingerprint density at radius 3 is 1.41 bits per heavy atom. The van der Waals surface area contributed by atoms with Crippen LogP contribution in [0.2, 0.25) is 0 Å². The third-order valence-electron chi connectivity index (χ3n) is 3.20. The summed E-state index contributed by atoms with van der Waals surface area (Å²) < 4.78 is 11.5. The summed E-state index contributed by atoms with van der Waals surface area (Å²) in [6.07, 6.45) is 3.66. The molecule has 4 nitrogen and oxygen atoms in total. The fourth-order valence-corrected chi connectivity index (χ4v) is 2.44. The van der Waals surface area contributed by atoms with Crippen LogP contribution in [0.1, 0.15) is 52.7 Å². The number of para-hydroxylation sites is 2. The Bertz CT molecular complexity index is 735. The molecular formula is C22H28CuN2O2. The van der Waals surface area contributed by atoms with Crippen molar-refractivity contribution < 1.29 is 23.3 Å². The summed E-state index contributed by atoms with van der Waals surface area (Å²) in [7, 11) is 0. The van der Waals surface area contributed by atoms with Crippen molar-refractivity contribution in [2.45, 2.75) is 52.6 Å². The summed E-state index contributed by atoms with van der Waals surface area (Å²) in [5, 5.41) is 0. The first-order chi connectivity index (χ1) is 12.6. The third kappa shape index (κ3) is 7.98. The summed E-state index contributed by atoms with van der Waals surface area (Å²) in [6.45, 7) is 12.3. The van der Waals surface area contributed by atoms with Crippen molar-refractivity contribution in [3.8, 4) is 11.5 Å². The predicted octanol–water partition coefficient (Wildman–Crippen LogP) is 5.49. The number of rotatable bonds is 6. The maximum absolute atomic E-state index is 5.75. The van der Waals surface area contributed by atoms with E-state index in [4.69, 9.17) is 7.64 Å². The molecule has 0 heterocycles. The molecule has 0 aliphatic heterocycles. The van der Waals surface area contributed by atoms with Gasteiger partial charge in [0.15, 0.2) is 0 Å². The molecule has 0 amide bonds. The van der Waals surface area contributed by atoms with Crippen molar-refractivity contribution in [1.29, 1.82) is 0 Å². The second-order valence-corrected chi connectivity index (χ2v) is 8.65. The van der Waals surface area contributed by atoms with Gasteiger partial charge in [-0.25, -0.2) is 0 Å². The Balaban J connectivity index is 2.06. The molecule has 0 N–H and O–H groups in total. The van der Waals surface area contributed by atoms with Crippen LogP contribution in [-0.4, -0.2) is 23.5 Å². The summed E-state index contributed by atoms with van der Waals surface area (Å²) in [5.74, 6) is 1.40. The van der Waals surface area contributed by atoms with Crippen molar-refractivity contribution in [2.75, 3.05) is 0 Å². The molecule has 2 aromatic rings. The first-order valence-corrected chi connectivity index (χ1v) is 9.62. The Morgan fingerprint density at radius 2 is 1.04 bits per heavy atom. The normalized spacial score (nSPS) is 12.8. The van der Waals surface area contributed by atoms with Crippen LogP contribution in [0, 0.1) is 0 Å². The van der Waals surface area contributed by atoms with E-state index in [1.54, 1.807) is 0 Å². The number of benzene rings is 2. The topological polar surface area (TPSA) is 43.2 Å². The second kappa shape index (κ2) is 9.20.